The third kappa shape index (κ3) is 4.48. The third-order valence-electron chi connectivity index (χ3n) is 4.45. The van der Waals surface area contributed by atoms with Crippen LogP contribution in [0.1, 0.15) is 35.5 Å². The number of aryl methyl sites for hydroxylation is 2. The molecule has 2 atom stereocenters. The highest BCUT2D eigenvalue weighted by Gasteiger charge is 2.31. The highest BCUT2D eigenvalue weighted by Crippen LogP contribution is 2.14. The van der Waals surface area contributed by atoms with E-state index in [-0.39, 0.29) is 24.1 Å². The summed E-state index contributed by atoms with van der Waals surface area (Å²) in [6.45, 7) is 3.10. The lowest BCUT2D eigenvalue weighted by Crippen LogP contribution is -2.55. The van der Waals surface area contributed by atoms with Gasteiger partial charge in [-0.2, -0.15) is 5.10 Å². The minimum Gasteiger partial charge on any atom is -0.389 e. The van der Waals surface area contributed by atoms with Crippen molar-refractivity contribution in [1.82, 2.24) is 25.2 Å². The lowest BCUT2D eigenvalue weighted by molar-refractivity contribution is -0.134. The van der Waals surface area contributed by atoms with Gasteiger partial charge in [-0.05, 0) is 25.8 Å². The molecule has 26 heavy (non-hydrogen) atoms. The van der Waals surface area contributed by atoms with Crippen molar-refractivity contribution in [3.8, 4) is 0 Å². The summed E-state index contributed by atoms with van der Waals surface area (Å²) < 4.78 is 6.67. The Hall–Kier alpha value is -2.68. The van der Waals surface area contributed by atoms with Crippen LogP contribution in [0.4, 0.5) is 0 Å². The number of aromatic nitrogens is 3. The highest BCUT2D eigenvalue weighted by molar-refractivity contribution is 5.92. The van der Waals surface area contributed by atoms with E-state index in [1.165, 1.54) is 0 Å². The fourth-order valence-corrected chi connectivity index (χ4v) is 3.03. The first-order valence-electron chi connectivity index (χ1n) is 8.70. The minimum atomic E-state index is -0.809. The molecule has 0 unspecified atom stereocenters. The van der Waals surface area contributed by atoms with Crippen LogP contribution in [-0.2, 0) is 11.3 Å². The Labute approximate surface area is 150 Å². The van der Waals surface area contributed by atoms with Gasteiger partial charge in [0.25, 0.3) is 5.91 Å². The van der Waals surface area contributed by atoms with Crippen LogP contribution in [0.25, 0.3) is 0 Å². The number of hydrogen-bond donors (Lipinski definition) is 2. The number of rotatable bonds is 6. The van der Waals surface area contributed by atoms with Crippen LogP contribution in [0.15, 0.2) is 29.0 Å². The molecule has 2 N–H and O–H groups in total. The number of nitrogens with one attached hydrogen (secondary N) is 1. The van der Waals surface area contributed by atoms with E-state index in [0.29, 0.717) is 38.1 Å². The zero-order valence-electron chi connectivity index (χ0n) is 14.7. The second-order valence-corrected chi connectivity index (χ2v) is 6.47. The Balaban J connectivity index is 1.43. The van der Waals surface area contributed by atoms with Crippen LogP contribution in [0.5, 0.6) is 0 Å². The maximum Gasteiger partial charge on any atom is 0.273 e. The van der Waals surface area contributed by atoms with Gasteiger partial charge in [0, 0.05) is 44.5 Å². The quantitative estimate of drug-likeness (QED) is 0.768. The van der Waals surface area contributed by atoms with E-state index in [1.54, 1.807) is 28.8 Å². The standard InChI is InChI=1S/C17H23N5O4/c1-12-10-14(20-26-12)17(25)19-13-5-9-21(11-15(13)23)16(24)4-2-7-22-8-3-6-18-22/h3,6,8,10,13,15,23H,2,4-5,7,9,11H2,1H3,(H,19,25)/t13-,15-/m1/s1. The summed E-state index contributed by atoms with van der Waals surface area (Å²) in [6.07, 6.45) is 4.35. The molecule has 0 aromatic carbocycles. The third-order valence-corrected chi connectivity index (χ3v) is 4.45. The van der Waals surface area contributed by atoms with E-state index in [0.717, 1.165) is 0 Å². The first-order valence-corrected chi connectivity index (χ1v) is 8.70. The predicted octanol–water partition coefficient (Wildman–Crippen LogP) is 0.352. The summed E-state index contributed by atoms with van der Waals surface area (Å²) in [5, 5.41) is 20.8. The summed E-state index contributed by atoms with van der Waals surface area (Å²) in [5.74, 6) is 0.171. The Morgan fingerprint density at radius 1 is 1.46 bits per heavy atom. The first kappa shape index (κ1) is 18.1. The van der Waals surface area contributed by atoms with Crippen molar-refractivity contribution in [3.05, 3.63) is 36.0 Å². The van der Waals surface area contributed by atoms with Gasteiger partial charge < -0.3 is 19.8 Å². The monoisotopic (exact) mass is 361 g/mol. The van der Waals surface area contributed by atoms with Crippen molar-refractivity contribution in [2.24, 2.45) is 0 Å². The van der Waals surface area contributed by atoms with Gasteiger partial charge in [-0.1, -0.05) is 5.16 Å². The molecule has 1 aliphatic rings. The number of hydrogen-bond acceptors (Lipinski definition) is 6. The predicted molar refractivity (Wildman–Crippen MR) is 91.2 cm³/mol. The lowest BCUT2D eigenvalue weighted by Gasteiger charge is -2.36. The molecule has 9 heteroatoms. The summed E-state index contributed by atoms with van der Waals surface area (Å²) in [5.41, 5.74) is 0.187. The van der Waals surface area contributed by atoms with Crippen LogP contribution in [0.3, 0.4) is 0 Å². The molecule has 1 aliphatic heterocycles. The Morgan fingerprint density at radius 2 is 2.31 bits per heavy atom. The van der Waals surface area contributed by atoms with Crippen molar-refractivity contribution in [1.29, 1.82) is 0 Å². The molecule has 0 saturated carbocycles. The smallest absolute Gasteiger partial charge is 0.273 e. The van der Waals surface area contributed by atoms with Crippen LogP contribution in [-0.4, -0.2) is 62.0 Å². The van der Waals surface area contributed by atoms with Gasteiger partial charge in [-0.25, -0.2) is 0 Å². The second-order valence-electron chi connectivity index (χ2n) is 6.47. The van der Waals surface area contributed by atoms with E-state index in [1.807, 2.05) is 12.3 Å². The zero-order valence-corrected chi connectivity index (χ0v) is 14.7. The molecule has 2 aromatic heterocycles. The van der Waals surface area contributed by atoms with E-state index in [9.17, 15) is 14.7 Å². The van der Waals surface area contributed by atoms with Gasteiger partial charge in [0.1, 0.15) is 5.76 Å². The van der Waals surface area contributed by atoms with Gasteiger partial charge in [-0.3, -0.25) is 14.3 Å². The lowest BCUT2D eigenvalue weighted by atomic mass is 10.0. The SMILES string of the molecule is Cc1cc(C(=O)N[C@@H]2CCN(C(=O)CCCn3cccn3)C[C@H]2O)no1. The number of carbonyl (C=O) groups excluding carboxylic acids is 2. The molecule has 140 valence electrons. The zero-order chi connectivity index (χ0) is 18.5. The number of aliphatic hydroxyl groups is 1. The van der Waals surface area contributed by atoms with Crippen molar-refractivity contribution in [2.75, 3.05) is 13.1 Å². The fraction of sp³-hybridized carbons (Fsp3) is 0.529. The van der Waals surface area contributed by atoms with E-state index in [2.05, 4.69) is 15.6 Å². The molecule has 2 amide bonds. The van der Waals surface area contributed by atoms with Gasteiger partial charge in [0.15, 0.2) is 5.69 Å². The molecule has 0 bridgehead atoms. The van der Waals surface area contributed by atoms with Gasteiger partial charge in [0.2, 0.25) is 5.91 Å². The number of piperidine rings is 1. The summed E-state index contributed by atoms with van der Waals surface area (Å²) in [4.78, 5) is 26.1. The maximum absolute atomic E-state index is 12.3. The number of aliphatic hydroxyl groups excluding tert-OH is 1. The molecule has 0 radical (unpaired) electrons. The van der Waals surface area contributed by atoms with Crippen molar-refractivity contribution >= 4 is 11.8 Å². The number of likely N-dealkylation sites (tertiary alicyclic amines) is 1. The molecule has 1 fully saturated rings. The molecule has 0 spiro atoms. The fourth-order valence-electron chi connectivity index (χ4n) is 3.03. The van der Waals surface area contributed by atoms with Gasteiger partial charge in [0.05, 0.1) is 12.1 Å². The minimum absolute atomic E-state index is 0.00751. The largest absolute Gasteiger partial charge is 0.389 e. The van der Waals surface area contributed by atoms with Crippen LogP contribution < -0.4 is 5.32 Å². The van der Waals surface area contributed by atoms with Crippen molar-refractivity contribution in [2.45, 2.75) is 44.9 Å². The molecule has 1 saturated heterocycles. The number of β-amino-alcohol motifs (C(OH)–C–C–N with tert-alkyl or cyclic N) is 1. The van der Waals surface area contributed by atoms with Crippen LogP contribution in [0.2, 0.25) is 0 Å². The summed E-state index contributed by atoms with van der Waals surface area (Å²) >= 11 is 0. The summed E-state index contributed by atoms with van der Waals surface area (Å²) in [6, 6.07) is 2.98. The summed E-state index contributed by atoms with van der Waals surface area (Å²) in [7, 11) is 0. The Bertz CT molecular complexity index is 742. The second kappa shape index (κ2) is 8.13. The molecule has 9 nitrogen and oxygen atoms in total. The topological polar surface area (TPSA) is 113 Å². The van der Waals surface area contributed by atoms with Gasteiger partial charge >= 0.3 is 0 Å². The molecule has 0 aliphatic carbocycles. The van der Waals surface area contributed by atoms with E-state index < -0.39 is 12.1 Å². The molecular formula is C17H23N5O4. The first-order chi connectivity index (χ1) is 12.5. The van der Waals surface area contributed by atoms with E-state index in [4.69, 9.17) is 4.52 Å². The van der Waals surface area contributed by atoms with Crippen LogP contribution in [0, 0.1) is 6.92 Å². The van der Waals surface area contributed by atoms with E-state index >= 15 is 0 Å². The molecule has 2 aromatic rings. The normalized spacial score (nSPS) is 20.2. The number of carbonyl (C=O) groups is 2. The average molecular weight is 361 g/mol. The Kier molecular flexibility index (Phi) is 5.67. The van der Waals surface area contributed by atoms with Gasteiger partial charge in [-0.15, -0.1) is 0 Å². The van der Waals surface area contributed by atoms with Crippen molar-refractivity contribution < 1.29 is 19.2 Å². The molecule has 3 rings (SSSR count). The molecule has 3 heterocycles. The Morgan fingerprint density at radius 3 is 2.96 bits per heavy atom. The highest BCUT2D eigenvalue weighted by atomic mass is 16.5. The number of amides is 2. The van der Waals surface area contributed by atoms with Crippen LogP contribution >= 0.6 is 0 Å². The average Bonchev–Trinajstić information content (AvgIpc) is 3.28. The molecular weight excluding hydrogens is 338 g/mol. The maximum atomic E-state index is 12.3. The van der Waals surface area contributed by atoms with Crippen molar-refractivity contribution in [3.63, 3.8) is 0 Å². The number of nitrogens with zero attached hydrogens (tertiary/aromatic N) is 4.